The first-order valence-electron chi connectivity index (χ1n) is 5.63. The number of alkyl halides is 2. The standard InChI is InChI=1S/C12H18F2N2O2/c1-8(2)18-11-5-9(3-4-10(11)15)16-6-12(13,14)7-17/h3-5,8,16-17H,6-7,15H2,1-2H3. The maximum absolute atomic E-state index is 12.9. The van der Waals surface area contributed by atoms with Crippen LogP contribution in [0.25, 0.3) is 0 Å². The van der Waals surface area contributed by atoms with Crippen molar-refractivity contribution in [1.82, 2.24) is 0 Å². The summed E-state index contributed by atoms with van der Waals surface area (Å²) in [6.07, 6.45) is -0.0542. The number of hydrogen-bond acceptors (Lipinski definition) is 4. The van der Waals surface area contributed by atoms with E-state index in [1.807, 2.05) is 13.8 Å². The fraction of sp³-hybridized carbons (Fsp3) is 0.500. The molecule has 4 N–H and O–H groups in total. The van der Waals surface area contributed by atoms with Gasteiger partial charge in [-0.25, -0.2) is 8.78 Å². The Morgan fingerprint density at radius 1 is 1.44 bits per heavy atom. The Morgan fingerprint density at radius 2 is 2.11 bits per heavy atom. The lowest BCUT2D eigenvalue weighted by Gasteiger charge is -2.17. The second-order valence-corrected chi connectivity index (χ2v) is 4.29. The van der Waals surface area contributed by atoms with Crippen LogP contribution in [0.1, 0.15) is 13.8 Å². The molecule has 4 nitrogen and oxygen atoms in total. The van der Waals surface area contributed by atoms with Crippen molar-refractivity contribution in [2.45, 2.75) is 25.9 Å². The van der Waals surface area contributed by atoms with Gasteiger partial charge >= 0.3 is 0 Å². The second kappa shape index (κ2) is 5.86. The first-order valence-corrected chi connectivity index (χ1v) is 5.63. The summed E-state index contributed by atoms with van der Waals surface area (Å²) in [5, 5.41) is 11.0. The molecule has 0 saturated carbocycles. The Morgan fingerprint density at radius 3 is 2.67 bits per heavy atom. The Kier molecular flexibility index (Phi) is 4.72. The Hall–Kier alpha value is -1.56. The average Bonchev–Trinajstić information content (AvgIpc) is 2.30. The number of nitrogens with two attached hydrogens (primary N) is 1. The molecule has 0 aliphatic rings. The van der Waals surface area contributed by atoms with Crippen molar-refractivity contribution >= 4 is 11.4 Å². The van der Waals surface area contributed by atoms with Gasteiger partial charge in [0.05, 0.1) is 18.3 Å². The third-order valence-electron chi connectivity index (χ3n) is 2.16. The molecule has 0 atom stereocenters. The first-order chi connectivity index (χ1) is 8.34. The van der Waals surface area contributed by atoms with Gasteiger partial charge < -0.3 is 20.9 Å². The molecule has 102 valence electrons. The number of rotatable bonds is 6. The molecule has 0 bridgehead atoms. The van der Waals surface area contributed by atoms with E-state index >= 15 is 0 Å². The van der Waals surface area contributed by atoms with Crippen LogP contribution in [0.4, 0.5) is 20.2 Å². The molecule has 0 saturated heterocycles. The smallest absolute Gasteiger partial charge is 0.287 e. The maximum atomic E-state index is 12.9. The number of hydrogen-bond donors (Lipinski definition) is 3. The number of benzene rings is 1. The minimum Gasteiger partial charge on any atom is -0.489 e. The molecule has 0 radical (unpaired) electrons. The van der Waals surface area contributed by atoms with Crippen molar-refractivity contribution in [1.29, 1.82) is 0 Å². The molecular formula is C12H18F2N2O2. The summed E-state index contributed by atoms with van der Waals surface area (Å²) in [4.78, 5) is 0. The minimum absolute atomic E-state index is 0.0542. The van der Waals surface area contributed by atoms with Crippen LogP contribution in [0, 0.1) is 0 Å². The fourth-order valence-corrected chi connectivity index (χ4v) is 1.29. The van der Waals surface area contributed by atoms with E-state index in [1.165, 1.54) is 0 Å². The number of ether oxygens (including phenoxy) is 1. The fourth-order valence-electron chi connectivity index (χ4n) is 1.29. The van der Waals surface area contributed by atoms with E-state index in [4.69, 9.17) is 15.6 Å². The van der Waals surface area contributed by atoms with Crippen LogP contribution < -0.4 is 15.8 Å². The van der Waals surface area contributed by atoms with Gasteiger partial charge in [0.25, 0.3) is 5.92 Å². The predicted molar refractivity (Wildman–Crippen MR) is 67.1 cm³/mol. The molecule has 0 amide bonds. The molecule has 1 aromatic carbocycles. The van der Waals surface area contributed by atoms with Crippen LogP contribution in [0.2, 0.25) is 0 Å². The van der Waals surface area contributed by atoms with Crippen molar-refractivity contribution in [3.63, 3.8) is 0 Å². The van der Waals surface area contributed by atoms with E-state index in [0.717, 1.165) is 0 Å². The van der Waals surface area contributed by atoms with Gasteiger partial charge in [-0.1, -0.05) is 0 Å². The average molecular weight is 260 g/mol. The van der Waals surface area contributed by atoms with Crippen LogP contribution >= 0.6 is 0 Å². The molecule has 6 heteroatoms. The number of anilines is 2. The predicted octanol–water partition coefficient (Wildman–Crippen LogP) is 2.10. The summed E-state index contributed by atoms with van der Waals surface area (Å²) in [6, 6.07) is 4.72. The SMILES string of the molecule is CC(C)Oc1cc(NCC(F)(F)CO)ccc1N. The number of aliphatic hydroxyl groups excluding tert-OH is 1. The van der Waals surface area contributed by atoms with E-state index in [1.54, 1.807) is 18.2 Å². The molecule has 0 aliphatic carbocycles. The molecule has 1 aromatic rings. The third kappa shape index (κ3) is 4.37. The summed E-state index contributed by atoms with van der Waals surface area (Å²) in [7, 11) is 0. The summed E-state index contributed by atoms with van der Waals surface area (Å²) >= 11 is 0. The molecule has 1 rings (SSSR count). The highest BCUT2D eigenvalue weighted by atomic mass is 19.3. The van der Waals surface area contributed by atoms with E-state index in [2.05, 4.69) is 5.32 Å². The molecule has 0 fully saturated rings. The van der Waals surface area contributed by atoms with Gasteiger partial charge in [-0.15, -0.1) is 0 Å². The van der Waals surface area contributed by atoms with Gasteiger partial charge in [-0.2, -0.15) is 0 Å². The first kappa shape index (κ1) is 14.5. The third-order valence-corrected chi connectivity index (χ3v) is 2.16. The Balaban J connectivity index is 2.73. The van der Waals surface area contributed by atoms with Crippen molar-refractivity contribution in [3.05, 3.63) is 18.2 Å². The maximum Gasteiger partial charge on any atom is 0.287 e. The lowest BCUT2D eigenvalue weighted by molar-refractivity contribution is -0.0372. The zero-order valence-electron chi connectivity index (χ0n) is 10.4. The largest absolute Gasteiger partial charge is 0.489 e. The van der Waals surface area contributed by atoms with E-state index in [0.29, 0.717) is 17.1 Å². The van der Waals surface area contributed by atoms with E-state index in [9.17, 15) is 8.78 Å². The van der Waals surface area contributed by atoms with E-state index in [-0.39, 0.29) is 6.10 Å². The summed E-state index contributed by atoms with van der Waals surface area (Å²) in [5.41, 5.74) is 6.62. The second-order valence-electron chi connectivity index (χ2n) is 4.29. The van der Waals surface area contributed by atoms with Crippen molar-refractivity contribution < 1.29 is 18.6 Å². The molecule has 0 aliphatic heterocycles. The van der Waals surface area contributed by atoms with Crippen LogP contribution in [-0.4, -0.2) is 30.3 Å². The quantitative estimate of drug-likeness (QED) is 0.685. The van der Waals surface area contributed by atoms with Crippen LogP contribution in [0.3, 0.4) is 0 Å². The van der Waals surface area contributed by atoms with Gasteiger partial charge in [-0.05, 0) is 26.0 Å². The number of nitrogens with one attached hydrogen (secondary N) is 1. The van der Waals surface area contributed by atoms with Crippen LogP contribution in [0.15, 0.2) is 18.2 Å². The van der Waals surface area contributed by atoms with Crippen molar-refractivity contribution in [2.75, 3.05) is 24.2 Å². The summed E-state index contributed by atoms with van der Waals surface area (Å²) in [5.74, 6) is -2.71. The molecular weight excluding hydrogens is 242 g/mol. The van der Waals surface area contributed by atoms with Gasteiger partial charge in [-0.3, -0.25) is 0 Å². The lowest BCUT2D eigenvalue weighted by atomic mass is 10.2. The monoisotopic (exact) mass is 260 g/mol. The number of nitrogen functional groups attached to an aromatic ring is 1. The van der Waals surface area contributed by atoms with Crippen molar-refractivity contribution in [3.8, 4) is 5.75 Å². The molecule has 0 spiro atoms. The summed E-state index contributed by atoms with van der Waals surface area (Å²) < 4.78 is 31.2. The topological polar surface area (TPSA) is 67.5 Å². The highest BCUT2D eigenvalue weighted by Gasteiger charge is 2.27. The highest BCUT2D eigenvalue weighted by molar-refractivity contribution is 5.61. The number of halogens is 2. The molecule has 18 heavy (non-hydrogen) atoms. The van der Waals surface area contributed by atoms with Gasteiger partial charge in [0, 0.05) is 11.8 Å². The van der Waals surface area contributed by atoms with Crippen molar-refractivity contribution in [2.24, 2.45) is 0 Å². The number of aliphatic hydroxyl groups is 1. The zero-order chi connectivity index (χ0) is 13.8. The molecule has 0 unspecified atom stereocenters. The van der Waals surface area contributed by atoms with Gasteiger partial charge in [0.2, 0.25) is 0 Å². The molecule has 0 aromatic heterocycles. The lowest BCUT2D eigenvalue weighted by Crippen LogP contribution is -2.31. The van der Waals surface area contributed by atoms with Crippen LogP contribution in [-0.2, 0) is 0 Å². The minimum atomic E-state index is -3.15. The Labute approximate surface area is 105 Å². The van der Waals surface area contributed by atoms with E-state index < -0.39 is 19.1 Å². The normalized spacial score (nSPS) is 11.7. The van der Waals surface area contributed by atoms with Gasteiger partial charge in [0.1, 0.15) is 12.4 Å². The van der Waals surface area contributed by atoms with Gasteiger partial charge in [0.15, 0.2) is 0 Å². The zero-order valence-corrected chi connectivity index (χ0v) is 10.4. The molecule has 0 heterocycles. The van der Waals surface area contributed by atoms with Crippen LogP contribution in [0.5, 0.6) is 5.75 Å². The highest BCUT2D eigenvalue weighted by Crippen LogP contribution is 2.27. The Bertz CT molecular complexity index is 398. The summed E-state index contributed by atoms with van der Waals surface area (Å²) in [6.45, 7) is 1.86.